The van der Waals surface area contributed by atoms with Crippen LogP contribution in [0.1, 0.15) is 5.56 Å². The lowest BCUT2D eigenvalue weighted by Gasteiger charge is -1.91. The standard InChI is InChI=1S/C8H3FN2/c1-3-6-4-7(9)5-11-8(6)10-2/h1,4-5H. The highest BCUT2D eigenvalue weighted by atomic mass is 19.1. The Morgan fingerprint density at radius 2 is 2.45 bits per heavy atom. The summed E-state index contributed by atoms with van der Waals surface area (Å²) in [5.41, 5.74) is 0.194. The third-order valence-electron chi connectivity index (χ3n) is 1.09. The van der Waals surface area contributed by atoms with E-state index in [9.17, 15) is 4.39 Å². The quantitative estimate of drug-likeness (QED) is 0.402. The third kappa shape index (κ3) is 1.33. The average Bonchev–Trinajstić information content (AvgIpc) is 2.04. The number of rotatable bonds is 0. The van der Waals surface area contributed by atoms with Crippen molar-refractivity contribution >= 4 is 5.82 Å². The van der Waals surface area contributed by atoms with Crippen molar-refractivity contribution in [2.75, 3.05) is 0 Å². The molecule has 11 heavy (non-hydrogen) atoms. The number of pyridine rings is 1. The Labute approximate surface area is 63.5 Å². The molecular weight excluding hydrogens is 143 g/mol. The molecule has 0 aliphatic rings. The summed E-state index contributed by atoms with van der Waals surface area (Å²) < 4.78 is 12.4. The summed E-state index contributed by atoms with van der Waals surface area (Å²) in [5.74, 6) is 1.71. The highest BCUT2D eigenvalue weighted by molar-refractivity contribution is 5.53. The zero-order valence-electron chi connectivity index (χ0n) is 5.50. The van der Waals surface area contributed by atoms with Gasteiger partial charge in [-0.2, -0.15) is 0 Å². The van der Waals surface area contributed by atoms with Gasteiger partial charge >= 0.3 is 0 Å². The molecule has 1 heterocycles. The van der Waals surface area contributed by atoms with E-state index in [4.69, 9.17) is 13.0 Å². The van der Waals surface area contributed by atoms with Crippen LogP contribution < -0.4 is 0 Å². The topological polar surface area (TPSA) is 17.2 Å². The van der Waals surface area contributed by atoms with Gasteiger partial charge in [-0.05, 0) is 6.07 Å². The number of aromatic nitrogens is 1. The maximum atomic E-state index is 12.4. The third-order valence-corrected chi connectivity index (χ3v) is 1.09. The Kier molecular flexibility index (Phi) is 1.85. The summed E-state index contributed by atoms with van der Waals surface area (Å²) >= 11 is 0. The van der Waals surface area contributed by atoms with Gasteiger partial charge < -0.3 is 4.85 Å². The van der Waals surface area contributed by atoms with Gasteiger partial charge in [0.1, 0.15) is 0 Å². The zero-order valence-corrected chi connectivity index (χ0v) is 5.50. The van der Waals surface area contributed by atoms with Crippen molar-refractivity contribution in [3.8, 4) is 12.3 Å². The summed E-state index contributed by atoms with van der Waals surface area (Å²) in [7, 11) is 0. The molecule has 1 aromatic heterocycles. The van der Waals surface area contributed by atoms with Gasteiger partial charge in [-0.3, -0.25) is 0 Å². The van der Waals surface area contributed by atoms with Crippen LogP contribution in [0.25, 0.3) is 4.85 Å². The number of hydrogen-bond donors (Lipinski definition) is 0. The number of halogens is 1. The number of nitrogens with zero attached hydrogens (tertiary/aromatic N) is 2. The number of hydrogen-bond acceptors (Lipinski definition) is 1. The fourth-order valence-electron chi connectivity index (χ4n) is 0.627. The molecule has 0 atom stereocenters. The maximum absolute atomic E-state index is 12.4. The molecule has 0 unspecified atom stereocenters. The summed E-state index contributed by atoms with van der Waals surface area (Å²) in [4.78, 5) is 6.51. The molecule has 0 saturated carbocycles. The van der Waals surface area contributed by atoms with Gasteiger partial charge in [0.2, 0.25) is 0 Å². The Hall–Kier alpha value is -1.87. The first kappa shape index (κ1) is 7.24. The van der Waals surface area contributed by atoms with E-state index in [-0.39, 0.29) is 11.4 Å². The van der Waals surface area contributed by atoms with E-state index in [1.54, 1.807) is 0 Å². The molecule has 0 aromatic carbocycles. The molecule has 0 radical (unpaired) electrons. The molecule has 0 fully saturated rings. The molecule has 1 rings (SSSR count). The van der Waals surface area contributed by atoms with Crippen LogP contribution in [0.3, 0.4) is 0 Å². The van der Waals surface area contributed by atoms with Crippen molar-refractivity contribution in [1.29, 1.82) is 0 Å². The molecule has 52 valence electrons. The van der Waals surface area contributed by atoms with E-state index < -0.39 is 5.82 Å². The van der Waals surface area contributed by atoms with Gasteiger partial charge in [-0.1, -0.05) is 12.5 Å². The predicted molar refractivity (Wildman–Crippen MR) is 38.4 cm³/mol. The van der Waals surface area contributed by atoms with E-state index in [2.05, 4.69) is 15.7 Å². The highest BCUT2D eigenvalue weighted by Gasteiger charge is 2.02. The van der Waals surface area contributed by atoms with Crippen molar-refractivity contribution in [2.24, 2.45) is 0 Å². The first-order valence-corrected chi connectivity index (χ1v) is 2.77. The molecule has 0 bridgehead atoms. The molecule has 0 amide bonds. The van der Waals surface area contributed by atoms with Crippen LogP contribution in [0.5, 0.6) is 0 Å². The normalized spacial score (nSPS) is 8.27. The molecule has 0 N–H and O–H groups in total. The minimum atomic E-state index is -0.523. The summed E-state index contributed by atoms with van der Waals surface area (Å²) in [6.07, 6.45) is 5.96. The van der Waals surface area contributed by atoms with E-state index in [1.165, 1.54) is 0 Å². The largest absolute Gasteiger partial charge is 0.360 e. The zero-order chi connectivity index (χ0) is 8.27. The van der Waals surface area contributed by atoms with E-state index >= 15 is 0 Å². The fourth-order valence-corrected chi connectivity index (χ4v) is 0.627. The minimum Gasteiger partial charge on any atom is -0.360 e. The summed E-state index contributed by atoms with van der Waals surface area (Å²) in [6.45, 7) is 6.60. The van der Waals surface area contributed by atoms with Gasteiger partial charge in [0.05, 0.1) is 5.56 Å². The monoisotopic (exact) mass is 146 g/mol. The predicted octanol–water partition coefficient (Wildman–Crippen LogP) is 1.75. The van der Waals surface area contributed by atoms with Crippen LogP contribution >= 0.6 is 0 Å². The van der Waals surface area contributed by atoms with E-state index in [1.807, 2.05) is 0 Å². The van der Waals surface area contributed by atoms with Crippen LogP contribution in [0.15, 0.2) is 12.3 Å². The lowest BCUT2D eigenvalue weighted by molar-refractivity contribution is 0.621. The molecule has 2 nitrogen and oxygen atoms in total. The Morgan fingerprint density at radius 1 is 1.73 bits per heavy atom. The second-order valence-corrected chi connectivity index (χ2v) is 1.78. The van der Waals surface area contributed by atoms with Gasteiger partial charge in [-0.25, -0.2) is 4.39 Å². The molecule has 0 aliphatic carbocycles. The van der Waals surface area contributed by atoms with Crippen LogP contribution in [0.2, 0.25) is 0 Å². The maximum Gasteiger partial charge on any atom is 0.285 e. The van der Waals surface area contributed by atoms with Gasteiger partial charge in [0, 0.05) is 0 Å². The Bertz CT molecular complexity index is 357. The Balaban J connectivity index is 3.34. The summed E-state index contributed by atoms with van der Waals surface area (Å²) in [6, 6.07) is 1.11. The highest BCUT2D eigenvalue weighted by Crippen LogP contribution is 2.14. The molecule has 0 spiro atoms. The van der Waals surface area contributed by atoms with Gasteiger partial charge in [0.25, 0.3) is 5.82 Å². The average molecular weight is 146 g/mol. The first-order valence-electron chi connectivity index (χ1n) is 2.77. The van der Waals surface area contributed by atoms with E-state index in [0.29, 0.717) is 0 Å². The molecular formula is C8H3FN2. The Morgan fingerprint density at radius 3 is 3.00 bits per heavy atom. The van der Waals surface area contributed by atoms with Crippen LogP contribution in [-0.4, -0.2) is 4.98 Å². The molecule has 0 aliphatic heterocycles. The summed E-state index contributed by atoms with van der Waals surface area (Å²) in [5, 5.41) is 0. The van der Waals surface area contributed by atoms with Crippen molar-refractivity contribution in [3.63, 3.8) is 0 Å². The lowest BCUT2D eigenvalue weighted by atomic mass is 10.3. The lowest BCUT2D eigenvalue weighted by Crippen LogP contribution is -1.82. The van der Waals surface area contributed by atoms with Crippen molar-refractivity contribution in [1.82, 2.24) is 4.98 Å². The van der Waals surface area contributed by atoms with Gasteiger partial charge in [0.15, 0.2) is 12.0 Å². The molecule has 1 aromatic rings. The number of terminal acetylenes is 1. The fraction of sp³-hybridized carbons (Fsp3) is 0. The van der Waals surface area contributed by atoms with Crippen molar-refractivity contribution < 1.29 is 4.39 Å². The molecule has 0 saturated heterocycles. The van der Waals surface area contributed by atoms with Crippen LogP contribution in [0.4, 0.5) is 10.2 Å². The van der Waals surface area contributed by atoms with Crippen molar-refractivity contribution in [2.45, 2.75) is 0 Å². The molecule has 3 heteroatoms. The van der Waals surface area contributed by atoms with Crippen LogP contribution in [-0.2, 0) is 0 Å². The smallest absolute Gasteiger partial charge is 0.285 e. The van der Waals surface area contributed by atoms with Crippen molar-refractivity contribution in [3.05, 3.63) is 35.1 Å². The second kappa shape index (κ2) is 2.81. The minimum absolute atomic E-state index is 0.0638. The van der Waals surface area contributed by atoms with Crippen LogP contribution in [0, 0.1) is 24.7 Å². The first-order chi connectivity index (χ1) is 5.27. The second-order valence-electron chi connectivity index (χ2n) is 1.78. The van der Waals surface area contributed by atoms with E-state index in [0.717, 1.165) is 12.3 Å². The SMILES string of the molecule is [C-]#[N+]c1ncc(F)cc1C#C. The van der Waals surface area contributed by atoms with Gasteiger partial charge in [-0.15, -0.1) is 11.4 Å².